The first-order valence-electron chi connectivity index (χ1n) is 4.72. The average molecular weight is 162 g/mol. The zero-order valence-electron chi connectivity index (χ0n) is 8.14. The summed E-state index contributed by atoms with van der Waals surface area (Å²) < 4.78 is 0. The number of allylic oxidation sites excluding steroid dienone is 5. The topological polar surface area (TPSA) is 0 Å². The van der Waals surface area contributed by atoms with Crippen LogP contribution >= 0.6 is 0 Å². The first-order chi connectivity index (χ1) is 5.72. The van der Waals surface area contributed by atoms with E-state index in [9.17, 15) is 0 Å². The Morgan fingerprint density at radius 2 is 2.42 bits per heavy atom. The Balaban J connectivity index is 2.59. The molecular weight excluding hydrogens is 144 g/mol. The molecule has 0 aromatic rings. The van der Waals surface area contributed by atoms with E-state index < -0.39 is 0 Å². The molecular formula is C12H18. The molecule has 1 rings (SSSR count). The molecule has 1 aliphatic carbocycles. The number of hydrogen-bond acceptors (Lipinski definition) is 0. The van der Waals surface area contributed by atoms with Gasteiger partial charge in [0.15, 0.2) is 0 Å². The minimum Gasteiger partial charge on any atom is -0.0988 e. The summed E-state index contributed by atoms with van der Waals surface area (Å²) in [6, 6.07) is 0. The highest BCUT2D eigenvalue weighted by molar-refractivity contribution is 5.28. The fourth-order valence-electron chi connectivity index (χ4n) is 1.47. The highest BCUT2D eigenvalue weighted by Gasteiger charge is 2.07. The zero-order valence-corrected chi connectivity index (χ0v) is 8.14. The first kappa shape index (κ1) is 9.31. The third-order valence-corrected chi connectivity index (χ3v) is 2.44. The van der Waals surface area contributed by atoms with Gasteiger partial charge in [0.2, 0.25) is 0 Å². The average Bonchev–Trinajstić information content (AvgIpc) is 2.09. The molecule has 0 bridgehead atoms. The van der Waals surface area contributed by atoms with E-state index in [-0.39, 0.29) is 0 Å². The number of hydrogen-bond donors (Lipinski definition) is 0. The third kappa shape index (κ3) is 2.69. The van der Waals surface area contributed by atoms with Crippen molar-refractivity contribution in [2.24, 2.45) is 5.92 Å². The molecule has 0 spiro atoms. The van der Waals surface area contributed by atoms with E-state index in [0.29, 0.717) is 0 Å². The van der Waals surface area contributed by atoms with Crippen LogP contribution in [-0.4, -0.2) is 0 Å². The van der Waals surface area contributed by atoms with E-state index in [4.69, 9.17) is 0 Å². The fourth-order valence-corrected chi connectivity index (χ4v) is 1.47. The van der Waals surface area contributed by atoms with Gasteiger partial charge >= 0.3 is 0 Å². The van der Waals surface area contributed by atoms with E-state index >= 15 is 0 Å². The lowest BCUT2D eigenvalue weighted by Crippen LogP contribution is -2.00. The van der Waals surface area contributed by atoms with Crippen LogP contribution in [0.1, 0.15) is 33.1 Å². The molecule has 1 atom stereocenters. The van der Waals surface area contributed by atoms with Gasteiger partial charge in [-0.15, -0.1) is 0 Å². The van der Waals surface area contributed by atoms with Crippen molar-refractivity contribution in [2.75, 3.05) is 0 Å². The zero-order chi connectivity index (χ0) is 8.97. The largest absolute Gasteiger partial charge is 0.0988 e. The summed E-state index contributed by atoms with van der Waals surface area (Å²) in [7, 11) is 0. The summed E-state index contributed by atoms with van der Waals surface area (Å²) in [6.07, 6.45) is 10.4. The maximum absolute atomic E-state index is 3.75. The van der Waals surface area contributed by atoms with Crippen LogP contribution in [0.4, 0.5) is 0 Å². The van der Waals surface area contributed by atoms with Crippen LogP contribution in [0.3, 0.4) is 0 Å². The second kappa shape index (κ2) is 4.30. The summed E-state index contributed by atoms with van der Waals surface area (Å²) in [4.78, 5) is 0. The molecule has 0 heteroatoms. The van der Waals surface area contributed by atoms with Crippen LogP contribution < -0.4 is 0 Å². The van der Waals surface area contributed by atoms with Gasteiger partial charge in [-0.25, -0.2) is 0 Å². The van der Waals surface area contributed by atoms with Gasteiger partial charge in [-0.3, -0.25) is 0 Å². The third-order valence-electron chi connectivity index (χ3n) is 2.44. The quantitative estimate of drug-likeness (QED) is 0.541. The van der Waals surface area contributed by atoms with Gasteiger partial charge in [0.1, 0.15) is 0 Å². The molecule has 0 N–H and O–H groups in total. The SMILES string of the molecule is C=C/C(C)=C\C1=CCC(C)CC1. The highest BCUT2D eigenvalue weighted by atomic mass is 14.1. The van der Waals surface area contributed by atoms with Gasteiger partial charge in [-0.2, -0.15) is 0 Å². The normalized spacial score (nSPS) is 25.0. The van der Waals surface area contributed by atoms with Crippen molar-refractivity contribution in [3.05, 3.63) is 36.0 Å². The van der Waals surface area contributed by atoms with Crippen molar-refractivity contribution in [3.63, 3.8) is 0 Å². The van der Waals surface area contributed by atoms with E-state index in [1.54, 1.807) is 0 Å². The predicted molar refractivity (Wildman–Crippen MR) is 55.1 cm³/mol. The summed E-state index contributed by atoms with van der Waals surface area (Å²) in [5.41, 5.74) is 2.77. The first-order valence-corrected chi connectivity index (χ1v) is 4.72. The lowest BCUT2D eigenvalue weighted by atomic mass is 9.90. The van der Waals surface area contributed by atoms with Crippen molar-refractivity contribution in [1.82, 2.24) is 0 Å². The smallest absolute Gasteiger partial charge is 0.0279 e. The molecule has 66 valence electrons. The summed E-state index contributed by atoms with van der Waals surface area (Å²) >= 11 is 0. The minimum atomic E-state index is 0.881. The van der Waals surface area contributed by atoms with Crippen molar-refractivity contribution in [2.45, 2.75) is 33.1 Å². The van der Waals surface area contributed by atoms with Crippen molar-refractivity contribution in [1.29, 1.82) is 0 Å². The molecule has 0 aromatic heterocycles. The molecule has 1 unspecified atom stereocenters. The Hall–Kier alpha value is -0.780. The van der Waals surface area contributed by atoms with E-state index in [1.165, 1.54) is 30.4 Å². The Labute approximate surface area is 75.7 Å². The molecule has 0 amide bonds. The maximum atomic E-state index is 3.75. The van der Waals surface area contributed by atoms with E-state index in [2.05, 4.69) is 32.6 Å². The molecule has 12 heavy (non-hydrogen) atoms. The van der Waals surface area contributed by atoms with Gasteiger partial charge in [0, 0.05) is 0 Å². The van der Waals surface area contributed by atoms with Crippen LogP contribution in [0.25, 0.3) is 0 Å². The molecule has 0 aromatic carbocycles. The molecule has 0 aliphatic heterocycles. The molecule has 1 aliphatic rings. The van der Waals surface area contributed by atoms with Crippen molar-refractivity contribution < 1.29 is 0 Å². The number of rotatable bonds is 2. The van der Waals surface area contributed by atoms with Crippen LogP contribution in [0.15, 0.2) is 36.0 Å². The van der Waals surface area contributed by atoms with Gasteiger partial charge < -0.3 is 0 Å². The predicted octanol–water partition coefficient (Wildman–Crippen LogP) is 3.87. The second-order valence-electron chi connectivity index (χ2n) is 3.75. The Morgan fingerprint density at radius 1 is 1.67 bits per heavy atom. The maximum Gasteiger partial charge on any atom is -0.0279 e. The highest BCUT2D eigenvalue weighted by Crippen LogP contribution is 2.24. The molecule has 0 saturated heterocycles. The lowest BCUT2D eigenvalue weighted by molar-refractivity contribution is 0.518. The van der Waals surface area contributed by atoms with Crippen molar-refractivity contribution >= 4 is 0 Å². The monoisotopic (exact) mass is 162 g/mol. The molecule has 0 radical (unpaired) electrons. The Morgan fingerprint density at radius 3 is 2.92 bits per heavy atom. The Kier molecular flexibility index (Phi) is 3.33. The lowest BCUT2D eigenvalue weighted by Gasteiger charge is -2.16. The van der Waals surface area contributed by atoms with Gasteiger partial charge in [0.25, 0.3) is 0 Å². The van der Waals surface area contributed by atoms with Crippen molar-refractivity contribution in [3.8, 4) is 0 Å². The Bertz CT molecular complexity index is 218. The summed E-state index contributed by atoms with van der Waals surface area (Å²) in [5.74, 6) is 0.881. The van der Waals surface area contributed by atoms with Crippen LogP contribution in [0.5, 0.6) is 0 Å². The molecule has 0 fully saturated rings. The molecule has 0 heterocycles. The molecule has 0 saturated carbocycles. The minimum absolute atomic E-state index is 0.881. The van der Waals surface area contributed by atoms with Gasteiger partial charge in [-0.1, -0.05) is 42.9 Å². The van der Waals surface area contributed by atoms with E-state index in [1.807, 2.05) is 6.08 Å². The van der Waals surface area contributed by atoms with E-state index in [0.717, 1.165) is 5.92 Å². The van der Waals surface area contributed by atoms with Crippen LogP contribution in [0.2, 0.25) is 0 Å². The second-order valence-corrected chi connectivity index (χ2v) is 3.75. The van der Waals surface area contributed by atoms with Gasteiger partial charge in [-0.05, 0) is 32.1 Å². The fraction of sp³-hybridized carbons (Fsp3) is 0.500. The van der Waals surface area contributed by atoms with Gasteiger partial charge in [0.05, 0.1) is 0 Å². The molecule has 0 nitrogen and oxygen atoms in total. The van der Waals surface area contributed by atoms with Crippen LogP contribution in [-0.2, 0) is 0 Å². The summed E-state index contributed by atoms with van der Waals surface area (Å²) in [5, 5.41) is 0. The van der Waals surface area contributed by atoms with Crippen LogP contribution in [0, 0.1) is 5.92 Å². The standard InChI is InChI=1S/C12H18/c1-4-10(2)9-12-7-5-11(3)6-8-12/h4,7,9,11H,1,5-6,8H2,2-3H3/b10-9-. The summed E-state index contributed by atoms with van der Waals surface area (Å²) in [6.45, 7) is 8.17.